The van der Waals surface area contributed by atoms with E-state index in [4.69, 9.17) is 10.5 Å². The van der Waals surface area contributed by atoms with Crippen LogP contribution in [0.25, 0.3) is 0 Å². The molecule has 0 unspecified atom stereocenters. The van der Waals surface area contributed by atoms with Crippen molar-refractivity contribution in [2.45, 2.75) is 26.7 Å². The highest BCUT2D eigenvalue weighted by Gasteiger charge is 2.17. The molecule has 7 heteroatoms. The predicted molar refractivity (Wildman–Crippen MR) is 77.0 cm³/mol. The van der Waals surface area contributed by atoms with Crippen molar-refractivity contribution in [3.63, 3.8) is 0 Å². The number of carbonyl (C=O) groups excluding carboxylic acids is 2. The molecule has 0 saturated heterocycles. The second-order valence-corrected chi connectivity index (χ2v) is 4.59. The SMILES string of the molecule is CCC(CC)COc1ccc(O)c(C(=O)NC(=O)CN)n1. The predicted octanol–water partition coefficient (Wildman–Crippen LogP) is 0.817. The Morgan fingerprint density at radius 2 is 2.05 bits per heavy atom. The van der Waals surface area contributed by atoms with Gasteiger partial charge in [-0.25, -0.2) is 4.98 Å². The average molecular weight is 295 g/mol. The molecule has 1 aromatic rings. The number of nitrogens with one attached hydrogen (secondary N) is 1. The van der Waals surface area contributed by atoms with E-state index in [1.807, 2.05) is 5.32 Å². The molecule has 0 aliphatic rings. The maximum absolute atomic E-state index is 11.8. The zero-order valence-electron chi connectivity index (χ0n) is 12.3. The lowest BCUT2D eigenvalue weighted by Crippen LogP contribution is -2.35. The molecular weight excluding hydrogens is 274 g/mol. The monoisotopic (exact) mass is 295 g/mol. The van der Waals surface area contributed by atoms with Crippen LogP contribution >= 0.6 is 0 Å². The highest BCUT2D eigenvalue weighted by molar-refractivity contribution is 6.05. The lowest BCUT2D eigenvalue weighted by atomic mass is 10.1. The third-order valence-corrected chi connectivity index (χ3v) is 3.12. The maximum Gasteiger partial charge on any atom is 0.280 e. The molecule has 4 N–H and O–H groups in total. The van der Waals surface area contributed by atoms with E-state index in [2.05, 4.69) is 18.8 Å². The largest absolute Gasteiger partial charge is 0.505 e. The molecule has 0 spiro atoms. The summed E-state index contributed by atoms with van der Waals surface area (Å²) in [6.45, 7) is 4.29. The number of imide groups is 1. The lowest BCUT2D eigenvalue weighted by molar-refractivity contribution is -0.118. The van der Waals surface area contributed by atoms with Gasteiger partial charge in [-0.05, 0) is 12.0 Å². The molecule has 116 valence electrons. The Bertz CT molecular complexity index is 501. The number of pyridine rings is 1. The molecule has 1 rings (SSSR count). The van der Waals surface area contributed by atoms with Crippen molar-refractivity contribution in [1.82, 2.24) is 10.3 Å². The summed E-state index contributed by atoms with van der Waals surface area (Å²) < 4.78 is 5.52. The number of aromatic hydroxyl groups is 1. The number of hydrogen-bond donors (Lipinski definition) is 3. The van der Waals surface area contributed by atoms with E-state index in [-0.39, 0.29) is 23.9 Å². The Balaban J connectivity index is 2.79. The summed E-state index contributed by atoms with van der Waals surface area (Å²) in [6.07, 6.45) is 1.96. The highest BCUT2D eigenvalue weighted by Crippen LogP contribution is 2.20. The second kappa shape index (κ2) is 8.21. The Labute approximate surface area is 123 Å². The number of amides is 2. The van der Waals surface area contributed by atoms with Crippen LogP contribution < -0.4 is 15.8 Å². The minimum absolute atomic E-state index is 0.227. The summed E-state index contributed by atoms with van der Waals surface area (Å²) in [4.78, 5) is 26.8. The van der Waals surface area contributed by atoms with E-state index in [0.29, 0.717) is 12.5 Å². The molecule has 0 saturated carbocycles. The summed E-state index contributed by atoms with van der Waals surface area (Å²) >= 11 is 0. The summed E-state index contributed by atoms with van der Waals surface area (Å²) in [5.74, 6) is -1.16. The first-order valence-electron chi connectivity index (χ1n) is 6.88. The fourth-order valence-electron chi connectivity index (χ4n) is 1.65. The first-order chi connectivity index (χ1) is 10.0. The van der Waals surface area contributed by atoms with Crippen LogP contribution in [-0.2, 0) is 4.79 Å². The maximum atomic E-state index is 11.8. The van der Waals surface area contributed by atoms with E-state index in [0.717, 1.165) is 12.8 Å². The van der Waals surface area contributed by atoms with Gasteiger partial charge >= 0.3 is 0 Å². The summed E-state index contributed by atoms with van der Waals surface area (Å²) in [6, 6.07) is 2.77. The smallest absolute Gasteiger partial charge is 0.280 e. The van der Waals surface area contributed by atoms with Gasteiger partial charge in [0.15, 0.2) is 5.69 Å². The van der Waals surface area contributed by atoms with Crippen LogP contribution in [0.2, 0.25) is 0 Å². The van der Waals surface area contributed by atoms with Crippen molar-refractivity contribution in [2.75, 3.05) is 13.2 Å². The first kappa shape index (κ1) is 16.9. The van der Waals surface area contributed by atoms with E-state index < -0.39 is 11.8 Å². The number of aromatic nitrogens is 1. The van der Waals surface area contributed by atoms with Crippen LogP contribution in [0.4, 0.5) is 0 Å². The van der Waals surface area contributed by atoms with Gasteiger partial charge in [0.05, 0.1) is 13.2 Å². The molecule has 1 aromatic heterocycles. The Morgan fingerprint density at radius 3 is 2.62 bits per heavy atom. The van der Waals surface area contributed by atoms with Gasteiger partial charge in [0, 0.05) is 6.07 Å². The quantitative estimate of drug-likeness (QED) is 0.686. The third kappa shape index (κ3) is 5.03. The minimum Gasteiger partial charge on any atom is -0.505 e. The molecule has 0 aliphatic heterocycles. The van der Waals surface area contributed by atoms with E-state index in [1.54, 1.807) is 0 Å². The zero-order valence-corrected chi connectivity index (χ0v) is 12.3. The molecular formula is C14H21N3O4. The second-order valence-electron chi connectivity index (χ2n) is 4.59. The van der Waals surface area contributed by atoms with Gasteiger partial charge in [-0.15, -0.1) is 0 Å². The van der Waals surface area contributed by atoms with Crippen LogP contribution in [-0.4, -0.2) is 35.1 Å². The number of carbonyl (C=O) groups is 2. The Hall–Kier alpha value is -2.15. The number of nitrogens with zero attached hydrogens (tertiary/aromatic N) is 1. The Morgan fingerprint density at radius 1 is 1.38 bits per heavy atom. The number of ether oxygens (including phenoxy) is 1. The van der Waals surface area contributed by atoms with Gasteiger partial charge in [-0.3, -0.25) is 14.9 Å². The fraction of sp³-hybridized carbons (Fsp3) is 0.500. The third-order valence-electron chi connectivity index (χ3n) is 3.12. The summed E-state index contributed by atoms with van der Waals surface area (Å²) in [7, 11) is 0. The molecule has 0 aromatic carbocycles. The number of hydrogen-bond acceptors (Lipinski definition) is 6. The molecule has 0 radical (unpaired) electrons. The van der Waals surface area contributed by atoms with Gasteiger partial charge in [-0.2, -0.15) is 0 Å². The summed E-state index contributed by atoms with van der Waals surface area (Å²) in [5.41, 5.74) is 4.84. The van der Waals surface area contributed by atoms with Crippen molar-refractivity contribution in [3.05, 3.63) is 17.8 Å². The molecule has 7 nitrogen and oxygen atoms in total. The van der Waals surface area contributed by atoms with Crippen LogP contribution in [0, 0.1) is 5.92 Å². The standard InChI is InChI=1S/C14H21N3O4/c1-3-9(4-2)8-21-12-6-5-10(18)13(17-12)14(20)16-11(19)7-15/h5-6,9,18H,3-4,7-8,15H2,1-2H3,(H,16,19,20). The zero-order chi connectivity index (χ0) is 15.8. The number of rotatable bonds is 7. The topological polar surface area (TPSA) is 115 Å². The van der Waals surface area contributed by atoms with Crippen molar-refractivity contribution >= 4 is 11.8 Å². The van der Waals surface area contributed by atoms with Crippen LogP contribution in [0.1, 0.15) is 37.2 Å². The van der Waals surface area contributed by atoms with Gasteiger partial charge in [0.1, 0.15) is 5.75 Å². The van der Waals surface area contributed by atoms with E-state index in [1.165, 1.54) is 12.1 Å². The molecule has 2 amide bonds. The average Bonchev–Trinajstić information content (AvgIpc) is 2.49. The normalized spacial score (nSPS) is 10.5. The van der Waals surface area contributed by atoms with Crippen molar-refractivity contribution in [3.8, 4) is 11.6 Å². The molecule has 21 heavy (non-hydrogen) atoms. The van der Waals surface area contributed by atoms with Gasteiger partial charge in [-0.1, -0.05) is 26.7 Å². The first-order valence-corrected chi connectivity index (χ1v) is 6.88. The van der Waals surface area contributed by atoms with Crippen molar-refractivity contribution in [2.24, 2.45) is 11.7 Å². The lowest BCUT2D eigenvalue weighted by Gasteiger charge is -2.13. The number of nitrogens with two attached hydrogens (primary N) is 1. The van der Waals surface area contributed by atoms with Gasteiger partial charge < -0.3 is 15.6 Å². The molecule has 0 fully saturated rings. The molecule has 1 heterocycles. The van der Waals surface area contributed by atoms with Crippen molar-refractivity contribution in [1.29, 1.82) is 0 Å². The van der Waals surface area contributed by atoms with Gasteiger partial charge in [0.25, 0.3) is 5.91 Å². The van der Waals surface area contributed by atoms with E-state index >= 15 is 0 Å². The van der Waals surface area contributed by atoms with Crippen molar-refractivity contribution < 1.29 is 19.4 Å². The fourth-order valence-corrected chi connectivity index (χ4v) is 1.65. The summed E-state index contributed by atoms with van der Waals surface area (Å²) in [5, 5.41) is 11.7. The van der Waals surface area contributed by atoms with E-state index in [9.17, 15) is 14.7 Å². The molecule has 0 atom stereocenters. The molecule has 0 bridgehead atoms. The Kier molecular flexibility index (Phi) is 6.61. The molecule has 0 aliphatic carbocycles. The van der Waals surface area contributed by atoms with Crippen LogP contribution in [0.5, 0.6) is 11.6 Å². The minimum atomic E-state index is -0.809. The van der Waals surface area contributed by atoms with Crippen LogP contribution in [0.15, 0.2) is 12.1 Å². The highest BCUT2D eigenvalue weighted by atomic mass is 16.5. The van der Waals surface area contributed by atoms with Crippen LogP contribution in [0.3, 0.4) is 0 Å². The van der Waals surface area contributed by atoms with Gasteiger partial charge in [0.2, 0.25) is 11.8 Å².